The van der Waals surface area contributed by atoms with Gasteiger partial charge in [-0.2, -0.15) is 0 Å². The van der Waals surface area contributed by atoms with Crippen molar-refractivity contribution in [1.82, 2.24) is 5.32 Å². The van der Waals surface area contributed by atoms with Crippen LogP contribution in [-0.4, -0.2) is 19.2 Å². The molecule has 1 fully saturated rings. The van der Waals surface area contributed by atoms with Crippen LogP contribution in [0.5, 0.6) is 5.75 Å². The molecule has 2 nitrogen and oxygen atoms in total. The number of piperidine rings is 1. The van der Waals surface area contributed by atoms with Crippen molar-refractivity contribution in [2.24, 2.45) is 0 Å². The van der Waals surface area contributed by atoms with Crippen molar-refractivity contribution in [3.63, 3.8) is 0 Å². The summed E-state index contributed by atoms with van der Waals surface area (Å²) in [4.78, 5) is 0. The Kier molecular flexibility index (Phi) is 3.59. The van der Waals surface area contributed by atoms with Crippen molar-refractivity contribution in [3.05, 3.63) is 28.5 Å². The number of rotatable bonds is 2. The average Bonchev–Trinajstić information content (AvgIpc) is 2.25. The zero-order valence-electron chi connectivity index (χ0n) is 8.30. The number of hydrogen-bond acceptors (Lipinski definition) is 2. The molecule has 1 saturated heterocycles. The number of halogens is 2. The van der Waals surface area contributed by atoms with E-state index in [-0.39, 0.29) is 11.9 Å². The summed E-state index contributed by atoms with van der Waals surface area (Å²) >= 11 is 3.30. The molecular weight excluding hydrogens is 261 g/mol. The second kappa shape index (κ2) is 4.94. The highest BCUT2D eigenvalue weighted by molar-refractivity contribution is 9.10. The molecule has 1 aliphatic heterocycles. The highest BCUT2D eigenvalue weighted by atomic mass is 79.9. The van der Waals surface area contributed by atoms with Crippen LogP contribution in [0.4, 0.5) is 4.39 Å². The van der Waals surface area contributed by atoms with Gasteiger partial charge in [0.25, 0.3) is 0 Å². The fraction of sp³-hybridized carbons (Fsp3) is 0.455. The van der Waals surface area contributed by atoms with Gasteiger partial charge in [0.1, 0.15) is 6.10 Å². The molecule has 0 radical (unpaired) electrons. The van der Waals surface area contributed by atoms with E-state index in [1.54, 1.807) is 12.1 Å². The molecule has 2 rings (SSSR count). The van der Waals surface area contributed by atoms with Gasteiger partial charge in [-0.05, 0) is 37.6 Å². The highest BCUT2D eigenvalue weighted by Gasteiger charge is 2.16. The predicted molar refractivity (Wildman–Crippen MR) is 60.6 cm³/mol. The first kappa shape index (κ1) is 10.9. The molecule has 1 N–H and O–H groups in total. The zero-order valence-corrected chi connectivity index (χ0v) is 9.89. The molecule has 0 amide bonds. The number of ether oxygens (including phenoxy) is 1. The van der Waals surface area contributed by atoms with Crippen LogP contribution in [0, 0.1) is 5.82 Å². The molecule has 1 unspecified atom stereocenters. The van der Waals surface area contributed by atoms with Crippen LogP contribution in [-0.2, 0) is 0 Å². The maximum atomic E-state index is 13.4. The summed E-state index contributed by atoms with van der Waals surface area (Å²) in [6.07, 6.45) is 2.15. The summed E-state index contributed by atoms with van der Waals surface area (Å²) in [5.74, 6) is 0.0295. The van der Waals surface area contributed by atoms with Crippen molar-refractivity contribution < 1.29 is 9.13 Å². The van der Waals surface area contributed by atoms with Gasteiger partial charge in [0, 0.05) is 11.0 Å². The molecule has 0 aliphatic carbocycles. The third-order valence-electron chi connectivity index (χ3n) is 2.44. The van der Waals surface area contributed by atoms with Crippen molar-refractivity contribution >= 4 is 15.9 Å². The van der Waals surface area contributed by atoms with Gasteiger partial charge in [-0.15, -0.1) is 0 Å². The molecule has 1 aromatic rings. The largest absolute Gasteiger partial charge is 0.486 e. The SMILES string of the molecule is Fc1ccc(Br)cc1OC1CCCNC1. The molecule has 15 heavy (non-hydrogen) atoms. The predicted octanol–water partition coefficient (Wildman–Crippen LogP) is 2.72. The van der Waals surface area contributed by atoms with Crippen LogP contribution in [0.3, 0.4) is 0 Å². The first-order valence-electron chi connectivity index (χ1n) is 5.08. The summed E-state index contributed by atoms with van der Waals surface area (Å²) in [5.41, 5.74) is 0. The summed E-state index contributed by atoms with van der Waals surface area (Å²) in [6, 6.07) is 4.75. The zero-order chi connectivity index (χ0) is 10.7. The third kappa shape index (κ3) is 2.92. The van der Waals surface area contributed by atoms with Crippen LogP contribution in [0.25, 0.3) is 0 Å². The number of hydrogen-bond donors (Lipinski definition) is 1. The van der Waals surface area contributed by atoms with Gasteiger partial charge in [-0.3, -0.25) is 0 Å². The lowest BCUT2D eigenvalue weighted by atomic mass is 10.1. The smallest absolute Gasteiger partial charge is 0.165 e. The molecule has 1 heterocycles. The fourth-order valence-electron chi connectivity index (χ4n) is 1.67. The number of benzene rings is 1. The summed E-state index contributed by atoms with van der Waals surface area (Å²) in [7, 11) is 0. The molecule has 4 heteroatoms. The molecule has 1 aliphatic rings. The molecule has 82 valence electrons. The van der Waals surface area contributed by atoms with Gasteiger partial charge in [0.2, 0.25) is 0 Å². The lowest BCUT2D eigenvalue weighted by molar-refractivity contribution is 0.160. The van der Waals surface area contributed by atoms with E-state index in [0.29, 0.717) is 5.75 Å². The van der Waals surface area contributed by atoms with E-state index in [9.17, 15) is 4.39 Å². The summed E-state index contributed by atoms with van der Waals surface area (Å²) < 4.78 is 19.8. The molecule has 0 saturated carbocycles. The van der Waals surface area contributed by atoms with Gasteiger partial charge >= 0.3 is 0 Å². The summed E-state index contributed by atoms with van der Waals surface area (Å²) in [5, 5.41) is 3.23. The van der Waals surface area contributed by atoms with Gasteiger partial charge in [-0.25, -0.2) is 4.39 Å². The Morgan fingerprint density at radius 3 is 3.07 bits per heavy atom. The van der Waals surface area contributed by atoms with E-state index in [1.165, 1.54) is 6.07 Å². The second-order valence-corrected chi connectivity index (χ2v) is 4.58. The Balaban J connectivity index is 2.05. The molecule has 0 spiro atoms. The summed E-state index contributed by atoms with van der Waals surface area (Å²) in [6.45, 7) is 1.83. The van der Waals surface area contributed by atoms with Gasteiger partial charge in [0.15, 0.2) is 11.6 Å². The Bertz CT molecular complexity index is 339. The maximum absolute atomic E-state index is 13.4. The van der Waals surface area contributed by atoms with Gasteiger partial charge in [-0.1, -0.05) is 15.9 Å². The average molecular weight is 274 g/mol. The highest BCUT2D eigenvalue weighted by Crippen LogP contribution is 2.24. The van der Waals surface area contributed by atoms with Crippen LogP contribution in [0.15, 0.2) is 22.7 Å². The van der Waals surface area contributed by atoms with E-state index in [2.05, 4.69) is 21.2 Å². The fourth-order valence-corrected chi connectivity index (χ4v) is 2.01. The Labute approximate surface area is 96.9 Å². The lowest BCUT2D eigenvalue weighted by Gasteiger charge is -2.24. The van der Waals surface area contributed by atoms with E-state index in [1.807, 2.05) is 0 Å². The van der Waals surface area contributed by atoms with E-state index in [4.69, 9.17) is 4.74 Å². The van der Waals surface area contributed by atoms with E-state index >= 15 is 0 Å². The van der Waals surface area contributed by atoms with Crippen LogP contribution in [0.1, 0.15) is 12.8 Å². The molecule has 0 bridgehead atoms. The lowest BCUT2D eigenvalue weighted by Crippen LogP contribution is -2.37. The molecular formula is C11H13BrFNO. The molecule has 1 aromatic carbocycles. The Hall–Kier alpha value is -0.610. The second-order valence-electron chi connectivity index (χ2n) is 3.66. The topological polar surface area (TPSA) is 21.3 Å². The van der Waals surface area contributed by atoms with Gasteiger partial charge < -0.3 is 10.1 Å². The Morgan fingerprint density at radius 1 is 1.47 bits per heavy atom. The Morgan fingerprint density at radius 2 is 2.33 bits per heavy atom. The minimum atomic E-state index is -0.302. The van der Waals surface area contributed by atoms with Crippen molar-refractivity contribution in [2.75, 3.05) is 13.1 Å². The molecule has 1 atom stereocenters. The standard InChI is InChI=1S/C11H13BrFNO/c12-8-3-4-10(13)11(6-8)15-9-2-1-5-14-7-9/h3-4,6,9,14H,1-2,5,7H2. The van der Waals surface area contributed by atoms with Crippen LogP contribution >= 0.6 is 15.9 Å². The van der Waals surface area contributed by atoms with Crippen molar-refractivity contribution in [1.29, 1.82) is 0 Å². The van der Waals surface area contributed by atoms with Crippen LogP contribution in [0.2, 0.25) is 0 Å². The quantitative estimate of drug-likeness (QED) is 0.895. The normalized spacial score (nSPS) is 21.3. The third-order valence-corrected chi connectivity index (χ3v) is 2.93. The minimum absolute atomic E-state index is 0.0857. The van der Waals surface area contributed by atoms with Crippen LogP contribution < -0.4 is 10.1 Å². The first-order valence-corrected chi connectivity index (χ1v) is 5.87. The molecule has 0 aromatic heterocycles. The first-order chi connectivity index (χ1) is 7.25. The van der Waals surface area contributed by atoms with E-state index in [0.717, 1.165) is 30.4 Å². The minimum Gasteiger partial charge on any atom is -0.486 e. The maximum Gasteiger partial charge on any atom is 0.165 e. The van der Waals surface area contributed by atoms with Crippen molar-refractivity contribution in [3.8, 4) is 5.75 Å². The number of nitrogens with one attached hydrogen (secondary N) is 1. The monoisotopic (exact) mass is 273 g/mol. The van der Waals surface area contributed by atoms with Crippen molar-refractivity contribution in [2.45, 2.75) is 18.9 Å². The van der Waals surface area contributed by atoms with Gasteiger partial charge in [0.05, 0.1) is 0 Å². The van der Waals surface area contributed by atoms with E-state index < -0.39 is 0 Å².